The molecule has 0 bridgehead atoms. The first-order chi connectivity index (χ1) is 22.8. The second-order valence-corrected chi connectivity index (χ2v) is 14.6. The number of aromatic nitrogens is 4. The number of imidazole rings is 2. The van der Waals surface area contributed by atoms with Gasteiger partial charge in [-0.05, 0) is 104 Å². The predicted octanol–water partition coefficient (Wildman–Crippen LogP) is 8.51. The van der Waals surface area contributed by atoms with Gasteiger partial charge in [0.05, 0.1) is 35.9 Å². The molecule has 2 aromatic heterocycles. The summed E-state index contributed by atoms with van der Waals surface area (Å²) in [7, 11) is 0. The van der Waals surface area contributed by atoms with Crippen molar-refractivity contribution in [2.24, 2.45) is 0 Å². The number of nitrogens with one attached hydrogen (secondary N) is 2. The van der Waals surface area contributed by atoms with Gasteiger partial charge in [0.1, 0.15) is 22.9 Å². The van der Waals surface area contributed by atoms with Gasteiger partial charge in [-0.3, -0.25) is 9.80 Å². The number of rotatable bonds is 4. The molecule has 0 unspecified atom stereocenters. The van der Waals surface area contributed by atoms with Crippen LogP contribution in [0.25, 0.3) is 22.5 Å². The van der Waals surface area contributed by atoms with Gasteiger partial charge in [0, 0.05) is 24.2 Å². The van der Waals surface area contributed by atoms with E-state index in [-0.39, 0.29) is 24.3 Å². The van der Waals surface area contributed by atoms with E-state index < -0.39 is 11.2 Å². The van der Waals surface area contributed by atoms with Gasteiger partial charge >= 0.3 is 12.2 Å². The van der Waals surface area contributed by atoms with E-state index in [2.05, 4.69) is 19.9 Å². The maximum atomic E-state index is 12.8. The Morgan fingerprint density at radius 1 is 0.688 bits per heavy atom. The quantitative estimate of drug-likeness (QED) is 0.197. The van der Waals surface area contributed by atoms with Gasteiger partial charge in [-0.2, -0.15) is 0 Å². The molecule has 5 heterocycles. The molecule has 252 valence electrons. The molecule has 2 amide bonds. The summed E-state index contributed by atoms with van der Waals surface area (Å²) in [6, 6.07) is 11.2. The predicted molar refractivity (Wildman–Crippen MR) is 178 cm³/mol. The third kappa shape index (κ3) is 6.43. The van der Waals surface area contributed by atoms with E-state index in [1.54, 1.807) is 22.2 Å². The lowest BCUT2D eigenvalue weighted by atomic mass is 10.1. The Hall–Kier alpha value is -5.00. The first-order valence-electron chi connectivity index (χ1n) is 16.5. The van der Waals surface area contributed by atoms with Crippen LogP contribution < -0.4 is 9.47 Å². The number of carbonyl (C=O) groups is 2. The molecule has 4 aromatic rings. The van der Waals surface area contributed by atoms with Crippen LogP contribution >= 0.6 is 0 Å². The van der Waals surface area contributed by atoms with Crippen LogP contribution in [0.15, 0.2) is 48.8 Å². The summed E-state index contributed by atoms with van der Waals surface area (Å²) in [5.41, 5.74) is 2.28. The van der Waals surface area contributed by atoms with Gasteiger partial charge in [-0.25, -0.2) is 19.6 Å². The Morgan fingerprint density at radius 3 is 1.50 bits per heavy atom. The molecule has 0 aliphatic carbocycles. The molecule has 0 spiro atoms. The van der Waals surface area contributed by atoms with Crippen LogP contribution in [0.4, 0.5) is 9.59 Å². The van der Waals surface area contributed by atoms with Crippen molar-refractivity contribution >= 4 is 12.2 Å². The third-order valence-corrected chi connectivity index (χ3v) is 8.53. The zero-order valence-corrected chi connectivity index (χ0v) is 28.3. The largest absolute Gasteiger partial charge is 0.449 e. The molecular formula is C36H42N6O6. The first kappa shape index (κ1) is 31.6. The van der Waals surface area contributed by atoms with Crippen molar-refractivity contribution in [2.45, 2.75) is 90.5 Å². The van der Waals surface area contributed by atoms with E-state index >= 15 is 0 Å². The third-order valence-electron chi connectivity index (χ3n) is 8.53. The molecule has 0 saturated carbocycles. The average molecular weight is 655 g/mol. The molecule has 2 aromatic carbocycles. The molecule has 2 atom stereocenters. The van der Waals surface area contributed by atoms with Crippen molar-refractivity contribution in [2.75, 3.05) is 13.1 Å². The van der Waals surface area contributed by atoms with Gasteiger partial charge in [-0.1, -0.05) is 0 Å². The number of benzene rings is 2. The maximum Gasteiger partial charge on any atom is 0.410 e. The molecular weight excluding hydrogens is 612 g/mol. The van der Waals surface area contributed by atoms with Crippen LogP contribution in [-0.4, -0.2) is 66.2 Å². The minimum Gasteiger partial charge on any atom is -0.449 e. The van der Waals surface area contributed by atoms with Crippen molar-refractivity contribution < 1.29 is 28.5 Å². The number of amides is 2. The number of hydrogen-bond acceptors (Lipinski definition) is 8. The van der Waals surface area contributed by atoms with E-state index in [4.69, 9.17) is 18.9 Å². The zero-order chi connectivity index (χ0) is 33.8. The second kappa shape index (κ2) is 11.9. The van der Waals surface area contributed by atoms with Crippen molar-refractivity contribution in [3.63, 3.8) is 0 Å². The molecule has 2 fully saturated rings. The molecule has 2 saturated heterocycles. The second-order valence-electron chi connectivity index (χ2n) is 14.6. The fourth-order valence-corrected chi connectivity index (χ4v) is 6.40. The highest BCUT2D eigenvalue weighted by Crippen LogP contribution is 2.48. The Bertz CT molecular complexity index is 1720. The number of carbonyl (C=O) groups excluding carboxylic acids is 2. The standard InChI is InChI=1S/C36H42N6O6/c1-35(2,3)47-33(43)41-15-7-9-25(41)31-37-19-23(39-31)21-11-13-27-29(17-21)45-28-14-12-22(18-30(28)46-27)24-20-38-32(40-24)26-10-8-16-42(26)34(44)48-36(4,5)6/h11-14,17-20,25-26H,7-10,15-16H2,1-6H3,(H,37,39)(H,38,40)/t25-,26-/m0/s1. The maximum absolute atomic E-state index is 12.8. The van der Waals surface area contributed by atoms with Crippen LogP contribution in [0.5, 0.6) is 23.0 Å². The lowest BCUT2D eigenvalue weighted by molar-refractivity contribution is 0.0208. The molecule has 12 heteroatoms. The highest BCUT2D eigenvalue weighted by atomic mass is 16.6. The lowest BCUT2D eigenvalue weighted by Gasteiger charge is -2.27. The van der Waals surface area contributed by atoms with Gasteiger partial charge in [0.2, 0.25) is 0 Å². The highest BCUT2D eigenvalue weighted by Gasteiger charge is 2.36. The SMILES string of the molecule is CC(C)(C)OC(=O)N1CCC[C@H]1c1ncc(-c2ccc3c(c2)Oc2ccc(-c4cnc([C@@H]5CCCN5C(=O)OC(C)(C)C)[nH]4)cc2O3)[nH]1. The molecule has 48 heavy (non-hydrogen) atoms. The molecule has 3 aliphatic heterocycles. The van der Waals surface area contributed by atoms with Crippen LogP contribution in [0, 0.1) is 0 Å². The Morgan fingerprint density at radius 2 is 1.10 bits per heavy atom. The van der Waals surface area contributed by atoms with Gasteiger partial charge < -0.3 is 28.9 Å². The molecule has 3 aliphatic rings. The summed E-state index contributed by atoms with van der Waals surface area (Å²) < 4.78 is 23.8. The summed E-state index contributed by atoms with van der Waals surface area (Å²) in [6.07, 6.45) is 6.33. The molecule has 7 rings (SSSR count). The van der Waals surface area contributed by atoms with Gasteiger partial charge in [0.25, 0.3) is 0 Å². The van der Waals surface area contributed by atoms with Gasteiger partial charge in [-0.15, -0.1) is 0 Å². The summed E-state index contributed by atoms with van der Waals surface area (Å²) >= 11 is 0. The van der Waals surface area contributed by atoms with Crippen LogP contribution in [0.3, 0.4) is 0 Å². The van der Waals surface area contributed by atoms with E-state index in [9.17, 15) is 9.59 Å². The minimum absolute atomic E-state index is 0.167. The number of hydrogen-bond donors (Lipinski definition) is 2. The van der Waals surface area contributed by atoms with E-state index in [1.807, 2.05) is 77.9 Å². The topological polar surface area (TPSA) is 135 Å². The highest BCUT2D eigenvalue weighted by molar-refractivity contribution is 5.71. The fourth-order valence-electron chi connectivity index (χ4n) is 6.40. The smallest absolute Gasteiger partial charge is 0.410 e. The number of aromatic amines is 2. The van der Waals surface area contributed by atoms with Gasteiger partial charge in [0.15, 0.2) is 23.0 Å². The summed E-state index contributed by atoms with van der Waals surface area (Å²) in [6.45, 7) is 12.5. The van der Waals surface area contributed by atoms with Crippen molar-refractivity contribution in [3.8, 4) is 45.5 Å². The van der Waals surface area contributed by atoms with E-state index in [0.717, 1.165) is 59.8 Å². The minimum atomic E-state index is -0.561. The normalized spacial score (nSPS) is 19.0. The van der Waals surface area contributed by atoms with Crippen molar-refractivity contribution in [1.82, 2.24) is 29.7 Å². The number of ether oxygens (including phenoxy) is 4. The van der Waals surface area contributed by atoms with E-state index in [0.29, 0.717) is 36.1 Å². The zero-order valence-electron chi connectivity index (χ0n) is 28.3. The monoisotopic (exact) mass is 654 g/mol. The van der Waals surface area contributed by atoms with Crippen LogP contribution in [0.1, 0.15) is 91.0 Å². The lowest BCUT2D eigenvalue weighted by Crippen LogP contribution is -2.36. The Labute approximate surface area is 279 Å². The number of nitrogens with zero attached hydrogens (tertiary/aromatic N) is 4. The van der Waals surface area contributed by atoms with E-state index in [1.165, 1.54) is 0 Å². The average Bonchev–Trinajstić information content (AvgIpc) is 3.83. The molecule has 12 nitrogen and oxygen atoms in total. The summed E-state index contributed by atoms with van der Waals surface area (Å²) in [5.74, 6) is 3.83. The molecule has 2 N–H and O–H groups in total. The van der Waals surface area contributed by atoms with Crippen molar-refractivity contribution in [3.05, 3.63) is 60.4 Å². The number of likely N-dealkylation sites (tertiary alicyclic amines) is 2. The van der Waals surface area contributed by atoms with Crippen LogP contribution in [-0.2, 0) is 9.47 Å². The number of H-pyrrole nitrogens is 2. The first-order valence-corrected chi connectivity index (χ1v) is 16.5. The van der Waals surface area contributed by atoms with Crippen molar-refractivity contribution in [1.29, 1.82) is 0 Å². The van der Waals surface area contributed by atoms with Crippen LogP contribution in [0.2, 0.25) is 0 Å². The summed E-state index contributed by atoms with van der Waals surface area (Å²) in [4.78, 5) is 45.2. The molecule has 0 radical (unpaired) electrons. The Balaban J connectivity index is 1.05. The number of fused-ring (bicyclic) bond motifs is 2. The fraction of sp³-hybridized carbons (Fsp3) is 0.444. The summed E-state index contributed by atoms with van der Waals surface area (Å²) in [5, 5.41) is 0. The Kier molecular flexibility index (Phi) is 7.84.